The molecule has 0 radical (unpaired) electrons. The number of hydrogen-bond donors (Lipinski definition) is 1. The second-order valence-corrected chi connectivity index (χ2v) is 5.48. The summed E-state index contributed by atoms with van der Waals surface area (Å²) in [6.45, 7) is 3.45. The van der Waals surface area contributed by atoms with E-state index in [0.717, 1.165) is 17.7 Å². The quantitative estimate of drug-likeness (QED) is 0.917. The van der Waals surface area contributed by atoms with Crippen LogP contribution in [0.2, 0.25) is 0 Å². The van der Waals surface area contributed by atoms with Gasteiger partial charge in [0.2, 0.25) is 0 Å². The lowest BCUT2D eigenvalue weighted by Crippen LogP contribution is -2.42. The van der Waals surface area contributed by atoms with E-state index < -0.39 is 5.82 Å². The highest BCUT2D eigenvalue weighted by molar-refractivity contribution is 5.90. The first-order valence-corrected chi connectivity index (χ1v) is 7.01. The number of rotatable bonds is 2. The molecular weight excluding hydrogens is 273 g/mol. The van der Waals surface area contributed by atoms with Gasteiger partial charge in [-0.3, -0.25) is 0 Å². The van der Waals surface area contributed by atoms with Crippen LogP contribution in [0.15, 0.2) is 18.5 Å². The van der Waals surface area contributed by atoms with Crippen molar-refractivity contribution in [2.75, 3.05) is 25.1 Å². The minimum Gasteiger partial charge on any atom is -0.494 e. The van der Waals surface area contributed by atoms with Crippen molar-refractivity contribution in [3.8, 4) is 5.75 Å². The standard InChI is InChI=1S/C15H18FN3O2/c1-9-7-19(4-3-13(9)20)15-10-5-14(21-2)11(16)6-12(10)17-8-18-15/h5-6,8-9,13,20H,3-4,7H2,1-2H3/t9-,13-/m0/s1. The molecule has 6 heteroatoms. The van der Waals surface area contributed by atoms with Crippen molar-refractivity contribution in [2.45, 2.75) is 19.4 Å². The predicted octanol–water partition coefficient (Wildman–Crippen LogP) is 1.98. The van der Waals surface area contributed by atoms with Crippen LogP contribution in [0.5, 0.6) is 5.75 Å². The van der Waals surface area contributed by atoms with E-state index >= 15 is 0 Å². The maximum Gasteiger partial charge on any atom is 0.167 e. The van der Waals surface area contributed by atoms with Gasteiger partial charge in [0.05, 0.1) is 18.7 Å². The van der Waals surface area contributed by atoms with Crippen LogP contribution in [-0.4, -0.2) is 41.4 Å². The summed E-state index contributed by atoms with van der Waals surface area (Å²) in [7, 11) is 1.44. The summed E-state index contributed by atoms with van der Waals surface area (Å²) in [6, 6.07) is 3.00. The molecule has 1 aromatic heterocycles. The topological polar surface area (TPSA) is 58.5 Å². The SMILES string of the molecule is COc1cc2c(N3CC[C@H](O)[C@@H](C)C3)ncnc2cc1F. The number of aliphatic hydroxyl groups excluding tert-OH is 1. The molecular formula is C15H18FN3O2. The number of halogens is 1. The van der Waals surface area contributed by atoms with Gasteiger partial charge in [-0.15, -0.1) is 0 Å². The Morgan fingerprint density at radius 1 is 1.38 bits per heavy atom. The molecule has 1 aliphatic rings. The Kier molecular flexibility index (Phi) is 3.63. The van der Waals surface area contributed by atoms with Crippen LogP contribution in [0.4, 0.5) is 10.2 Å². The Hall–Kier alpha value is -1.95. The van der Waals surface area contributed by atoms with Gasteiger partial charge in [0.15, 0.2) is 11.6 Å². The molecule has 0 saturated carbocycles. The van der Waals surface area contributed by atoms with Crippen molar-refractivity contribution in [3.63, 3.8) is 0 Å². The van der Waals surface area contributed by atoms with Gasteiger partial charge >= 0.3 is 0 Å². The molecule has 0 aliphatic carbocycles. The van der Waals surface area contributed by atoms with E-state index in [1.54, 1.807) is 6.07 Å². The first-order chi connectivity index (χ1) is 10.1. The van der Waals surface area contributed by atoms with E-state index in [1.165, 1.54) is 19.5 Å². The van der Waals surface area contributed by atoms with E-state index in [2.05, 4.69) is 14.9 Å². The number of ether oxygens (including phenoxy) is 1. The van der Waals surface area contributed by atoms with Crippen LogP contribution < -0.4 is 9.64 Å². The second kappa shape index (κ2) is 5.44. The molecule has 21 heavy (non-hydrogen) atoms. The summed E-state index contributed by atoms with van der Waals surface area (Å²) in [6.07, 6.45) is 1.87. The van der Waals surface area contributed by atoms with Gasteiger partial charge in [-0.2, -0.15) is 0 Å². The van der Waals surface area contributed by atoms with Gasteiger partial charge in [0.25, 0.3) is 0 Å². The number of anilines is 1. The van der Waals surface area contributed by atoms with Crippen molar-refractivity contribution < 1.29 is 14.2 Å². The molecule has 112 valence electrons. The summed E-state index contributed by atoms with van der Waals surface area (Å²) in [5, 5.41) is 10.6. The zero-order valence-electron chi connectivity index (χ0n) is 12.1. The number of nitrogens with zero attached hydrogens (tertiary/aromatic N) is 3. The monoisotopic (exact) mass is 291 g/mol. The molecule has 1 N–H and O–H groups in total. The highest BCUT2D eigenvalue weighted by atomic mass is 19.1. The number of benzene rings is 1. The Bertz CT molecular complexity index is 665. The molecule has 1 aromatic carbocycles. The third-order valence-electron chi connectivity index (χ3n) is 4.05. The lowest BCUT2D eigenvalue weighted by molar-refractivity contribution is 0.0969. The van der Waals surface area contributed by atoms with Gasteiger partial charge in [-0.25, -0.2) is 14.4 Å². The number of aliphatic hydroxyl groups is 1. The van der Waals surface area contributed by atoms with Crippen LogP contribution >= 0.6 is 0 Å². The molecule has 0 unspecified atom stereocenters. The largest absolute Gasteiger partial charge is 0.494 e. The Balaban J connectivity index is 2.06. The number of methoxy groups -OCH3 is 1. The van der Waals surface area contributed by atoms with Gasteiger partial charge in [-0.05, 0) is 18.4 Å². The maximum atomic E-state index is 13.8. The first-order valence-electron chi connectivity index (χ1n) is 7.01. The van der Waals surface area contributed by atoms with E-state index in [1.807, 2.05) is 6.92 Å². The van der Waals surface area contributed by atoms with Crippen LogP contribution in [0.1, 0.15) is 13.3 Å². The number of fused-ring (bicyclic) bond motifs is 1. The molecule has 5 nitrogen and oxygen atoms in total. The minimum absolute atomic E-state index is 0.172. The smallest absolute Gasteiger partial charge is 0.167 e. The Morgan fingerprint density at radius 2 is 2.19 bits per heavy atom. The summed E-state index contributed by atoms with van der Waals surface area (Å²) >= 11 is 0. The maximum absolute atomic E-state index is 13.8. The highest BCUT2D eigenvalue weighted by Crippen LogP contribution is 2.31. The van der Waals surface area contributed by atoms with E-state index in [4.69, 9.17) is 4.74 Å². The van der Waals surface area contributed by atoms with Crippen LogP contribution in [-0.2, 0) is 0 Å². The minimum atomic E-state index is -0.433. The molecule has 3 rings (SSSR count). The molecule has 1 aliphatic heterocycles. The van der Waals surface area contributed by atoms with Crippen LogP contribution in [0, 0.1) is 11.7 Å². The third-order valence-corrected chi connectivity index (χ3v) is 4.05. The lowest BCUT2D eigenvalue weighted by Gasteiger charge is -2.35. The molecule has 1 fully saturated rings. The molecule has 2 aromatic rings. The van der Waals surface area contributed by atoms with Gasteiger partial charge in [0.1, 0.15) is 12.1 Å². The Morgan fingerprint density at radius 3 is 2.90 bits per heavy atom. The second-order valence-electron chi connectivity index (χ2n) is 5.48. The first kappa shape index (κ1) is 14.0. The zero-order valence-corrected chi connectivity index (χ0v) is 12.1. The van der Waals surface area contributed by atoms with Gasteiger partial charge in [0, 0.05) is 24.5 Å². The lowest BCUT2D eigenvalue weighted by atomic mass is 9.96. The van der Waals surface area contributed by atoms with Crippen molar-refractivity contribution in [1.29, 1.82) is 0 Å². The molecule has 2 atom stereocenters. The summed E-state index contributed by atoms with van der Waals surface area (Å²) in [5.74, 6) is 0.684. The van der Waals surface area contributed by atoms with Gasteiger partial charge < -0.3 is 14.7 Å². The van der Waals surface area contributed by atoms with Crippen molar-refractivity contribution in [3.05, 3.63) is 24.3 Å². The average molecular weight is 291 g/mol. The van der Waals surface area contributed by atoms with Gasteiger partial charge in [-0.1, -0.05) is 6.92 Å². The fourth-order valence-electron chi connectivity index (χ4n) is 2.78. The third kappa shape index (κ3) is 2.51. The zero-order chi connectivity index (χ0) is 15.0. The highest BCUT2D eigenvalue weighted by Gasteiger charge is 2.26. The normalized spacial score (nSPS) is 22.6. The van der Waals surface area contributed by atoms with Crippen molar-refractivity contribution in [2.24, 2.45) is 5.92 Å². The molecule has 0 bridgehead atoms. The Labute approximate surface area is 122 Å². The number of hydrogen-bond acceptors (Lipinski definition) is 5. The number of aromatic nitrogens is 2. The van der Waals surface area contributed by atoms with Crippen molar-refractivity contribution in [1.82, 2.24) is 9.97 Å². The molecule has 0 spiro atoms. The predicted molar refractivity (Wildman–Crippen MR) is 78.0 cm³/mol. The fraction of sp³-hybridized carbons (Fsp3) is 0.467. The summed E-state index contributed by atoms with van der Waals surface area (Å²) < 4.78 is 18.8. The van der Waals surface area contributed by atoms with E-state index in [0.29, 0.717) is 18.5 Å². The van der Waals surface area contributed by atoms with Crippen molar-refractivity contribution >= 4 is 16.7 Å². The summed E-state index contributed by atoms with van der Waals surface area (Å²) in [4.78, 5) is 10.6. The summed E-state index contributed by atoms with van der Waals surface area (Å²) in [5.41, 5.74) is 0.553. The van der Waals surface area contributed by atoms with Crippen LogP contribution in [0.3, 0.4) is 0 Å². The van der Waals surface area contributed by atoms with Crippen LogP contribution in [0.25, 0.3) is 10.9 Å². The van der Waals surface area contributed by atoms with E-state index in [-0.39, 0.29) is 17.8 Å². The molecule has 1 saturated heterocycles. The van der Waals surface area contributed by atoms with E-state index in [9.17, 15) is 9.50 Å². The number of piperidine rings is 1. The average Bonchev–Trinajstić information content (AvgIpc) is 2.48. The molecule has 0 amide bonds. The molecule has 2 heterocycles. The fourth-order valence-corrected chi connectivity index (χ4v) is 2.78.